The summed E-state index contributed by atoms with van der Waals surface area (Å²) in [6.45, 7) is 14.3. The second-order valence-electron chi connectivity index (χ2n) is 12.9. The molecule has 0 aromatic carbocycles. The van der Waals surface area contributed by atoms with E-state index >= 15 is 0 Å². The zero-order valence-corrected chi connectivity index (χ0v) is 26.5. The van der Waals surface area contributed by atoms with E-state index < -0.39 is 47.4 Å². The van der Waals surface area contributed by atoms with E-state index in [9.17, 15) is 19.2 Å². The molecule has 0 radical (unpaired) electrons. The van der Waals surface area contributed by atoms with Crippen molar-refractivity contribution in [2.24, 2.45) is 11.8 Å². The highest BCUT2D eigenvalue weighted by Gasteiger charge is 2.23. The molecule has 2 aliphatic rings. The lowest BCUT2D eigenvalue weighted by atomic mass is 9.90. The molecule has 2 rings (SSSR count). The molecular weight excluding hydrogens is 532 g/mol. The molecule has 0 unspecified atom stereocenters. The van der Waals surface area contributed by atoms with Gasteiger partial charge in [0.15, 0.2) is 0 Å². The van der Waals surface area contributed by atoms with Crippen LogP contribution in [0.2, 0.25) is 0 Å². The van der Waals surface area contributed by atoms with Gasteiger partial charge < -0.3 is 35.1 Å². The maximum atomic E-state index is 11.8. The summed E-state index contributed by atoms with van der Waals surface area (Å²) in [5.74, 6) is -0.377. The number of carboxylic acids is 1. The Hall–Kier alpha value is -2.56. The number of amides is 2. The Bertz CT molecular complexity index is 778. The van der Waals surface area contributed by atoms with Gasteiger partial charge in [-0.2, -0.15) is 0 Å². The minimum atomic E-state index is -1.09. The van der Waals surface area contributed by atoms with Crippen LogP contribution >= 0.6 is 0 Å². The highest BCUT2D eigenvalue weighted by Crippen LogP contribution is 2.24. The summed E-state index contributed by atoms with van der Waals surface area (Å²) in [7, 11) is 0. The van der Waals surface area contributed by atoms with Crippen molar-refractivity contribution in [1.82, 2.24) is 10.6 Å². The fraction of sp³-hybridized carbons (Fsp3) is 0.867. The Morgan fingerprint density at radius 1 is 0.707 bits per heavy atom. The van der Waals surface area contributed by atoms with Gasteiger partial charge in [-0.25, -0.2) is 14.4 Å². The third kappa shape index (κ3) is 21.8. The van der Waals surface area contributed by atoms with E-state index in [0.29, 0.717) is 25.0 Å². The Morgan fingerprint density at radius 2 is 1.10 bits per heavy atom. The molecule has 0 heterocycles. The first kappa shape index (κ1) is 38.4. The molecule has 0 aromatic heterocycles. The molecule has 41 heavy (non-hydrogen) atoms. The van der Waals surface area contributed by atoms with Gasteiger partial charge in [-0.3, -0.25) is 4.79 Å². The van der Waals surface area contributed by atoms with E-state index in [2.05, 4.69) is 10.6 Å². The van der Waals surface area contributed by atoms with E-state index in [4.69, 9.17) is 24.4 Å². The molecule has 11 heteroatoms. The minimum Gasteiger partial charge on any atom is -0.480 e. The van der Waals surface area contributed by atoms with Crippen molar-refractivity contribution in [3.05, 3.63) is 0 Å². The average Bonchev–Trinajstić information content (AvgIpc) is 2.86. The molecule has 0 saturated heterocycles. The number of hydrogen-bond acceptors (Lipinski definition) is 8. The molecule has 2 amide bonds. The Labute approximate surface area is 246 Å². The number of rotatable bonds is 7. The van der Waals surface area contributed by atoms with Crippen molar-refractivity contribution in [3.8, 4) is 0 Å². The van der Waals surface area contributed by atoms with Gasteiger partial charge in [-0.1, -0.05) is 38.5 Å². The number of hydrogen-bond donors (Lipinski definition) is 4. The third-order valence-corrected chi connectivity index (χ3v) is 6.36. The molecule has 4 N–H and O–H groups in total. The Morgan fingerprint density at radius 3 is 1.44 bits per heavy atom. The summed E-state index contributed by atoms with van der Waals surface area (Å²) >= 11 is 0. The van der Waals surface area contributed by atoms with Crippen molar-refractivity contribution in [3.63, 3.8) is 0 Å². The molecule has 0 bridgehead atoms. The van der Waals surface area contributed by atoms with Crippen molar-refractivity contribution < 1.29 is 43.6 Å². The van der Waals surface area contributed by atoms with Crippen LogP contribution in [0, 0.1) is 11.8 Å². The van der Waals surface area contributed by atoms with Crippen LogP contribution in [0.15, 0.2) is 0 Å². The fourth-order valence-corrected chi connectivity index (χ4v) is 4.14. The van der Waals surface area contributed by atoms with Gasteiger partial charge in [0.25, 0.3) is 0 Å². The number of esters is 1. The Kier molecular flexibility index (Phi) is 18.3. The Balaban J connectivity index is 0.000000649. The maximum absolute atomic E-state index is 11.8. The zero-order valence-electron chi connectivity index (χ0n) is 26.5. The van der Waals surface area contributed by atoms with Crippen LogP contribution in [-0.4, -0.2) is 70.8 Å². The summed E-state index contributed by atoms with van der Waals surface area (Å²) in [4.78, 5) is 44.6. The predicted octanol–water partition coefficient (Wildman–Crippen LogP) is 5.57. The molecular formula is C30H56N2O9. The minimum absolute atomic E-state index is 0.401. The van der Waals surface area contributed by atoms with Crippen LogP contribution in [0.5, 0.6) is 0 Å². The number of alkyl carbamates (subject to hydrolysis) is 2. The van der Waals surface area contributed by atoms with Crippen molar-refractivity contribution >= 4 is 24.1 Å². The average molecular weight is 589 g/mol. The predicted molar refractivity (Wildman–Crippen MR) is 156 cm³/mol. The largest absolute Gasteiger partial charge is 0.480 e. The van der Waals surface area contributed by atoms with Gasteiger partial charge in [0.2, 0.25) is 0 Å². The summed E-state index contributed by atoms with van der Waals surface area (Å²) in [6.07, 6.45) is 11.2. The van der Waals surface area contributed by atoms with E-state index in [0.717, 1.165) is 12.8 Å². The number of ether oxygens (including phenoxy) is 3. The molecule has 0 spiro atoms. The lowest BCUT2D eigenvalue weighted by Gasteiger charge is -2.23. The van der Waals surface area contributed by atoms with Crippen LogP contribution in [0.25, 0.3) is 0 Å². The first-order valence-corrected chi connectivity index (χ1v) is 14.9. The van der Waals surface area contributed by atoms with Gasteiger partial charge in [0.1, 0.15) is 23.3 Å². The fourth-order valence-electron chi connectivity index (χ4n) is 4.14. The smallest absolute Gasteiger partial charge is 0.408 e. The van der Waals surface area contributed by atoms with Gasteiger partial charge in [-0.15, -0.1) is 0 Å². The summed E-state index contributed by atoms with van der Waals surface area (Å²) in [5.41, 5.74) is -1.18. The molecule has 2 atom stereocenters. The van der Waals surface area contributed by atoms with Crippen LogP contribution in [0.3, 0.4) is 0 Å². The molecule has 2 saturated carbocycles. The second-order valence-corrected chi connectivity index (χ2v) is 12.9. The molecule has 2 aliphatic carbocycles. The molecule has 11 nitrogen and oxygen atoms in total. The topological polar surface area (TPSA) is 160 Å². The van der Waals surface area contributed by atoms with Gasteiger partial charge >= 0.3 is 24.1 Å². The number of carbonyl (C=O) groups is 4. The second kappa shape index (κ2) is 19.5. The van der Waals surface area contributed by atoms with E-state index in [1.165, 1.54) is 58.3 Å². The monoisotopic (exact) mass is 588 g/mol. The summed E-state index contributed by atoms with van der Waals surface area (Å²) in [6, 6.07) is -1.62. The molecule has 0 aromatic rings. The summed E-state index contributed by atoms with van der Waals surface area (Å²) < 4.78 is 15.2. The quantitative estimate of drug-likeness (QED) is 0.220. The summed E-state index contributed by atoms with van der Waals surface area (Å²) in [5, 5.41) is 21.8. The van der Waals surface area contributed by atoms with Crippen LogP contribution in [-0.2, 0) is 23.8 Å². The van der Waals surface area contributed by atoms with Crippen molar-refractivity contribution in [2.45, 2.75) is 143 Å². The molecule has 2 fully saturated rings. The zero-order chi connectivity index (χ0) is 31.6. The number of carbonyl (C=O) groups excluding carboxylic acids is 3. The number of aliphatic hydroxyl groups is 1. The van der Waals surface area contributed by atoms with E-state index in [1.54, 1.807) is 48.5 Å². The van der Waals surface area contributed by atoms with E-state index in [1.807, 2.05) is 0 Å². The highest BCUT2D eigenvalue weighted by atomic mass is 16.6. The van der Waals surface area contributed by atoms with Crippen LogP contribution < -0.4 is 10.6 Å². The number of carboxylic acid groups (broad SMARTS) is 1. The lowest BCUT2D eigenvalue weighted by molar-refractivity contribution is -0.147. The third-order valence-electron chi connectivity index (χ3n) is 6.36. The van der Waals surface area contributed by atoms with Gasteiger partial charge in [-0.05, 0) is 92.9 Å². The van der Waals surface area contributed by atoms with Gasteiger partial charge in [0.05, 0.1) is 6.61 Å². The van der Waals surface area contributed by atoms with Gasteiger partial charge in [0, 0.05) is 6.61 Å². The van der Waals surface area contributed by atoms with Crippen LogP contribution in [0.4, 0.5) is 9.59 Å². The van der Waals surface area contributed by atoms with Crippen molar-refractivity contribution in [1.29, 1.82) is 0 Å². The number of nitrogens with one attached hydrogen (secondary N) is 2. The first-order chi connectivity index (χ1) is 18.9. The normalized spacial score (nSPS) is 17.7. The van der Waals surface area contributed by atoms with Crippen LogP contribution in [0.1, 0.15) is 120 Å². The lowest BCUT2D eigenvalue weighted by Crippen LogP contribution is -2.42. The van der Waals surface area contributed by atoms with Crippen molar-refractivity contribution in [2.75, 3.05) is 13.2 Å². The van der Waals surface area contributed by atoms with E-state index in [-0.39, 0.29) is 0 Å². The number of aliphatic carboxylic acids is 1. The first-order valence-electron chi connectivity index (χ1n) is 14.9. The SMILES string of the molecule is C[C@H](NC(=O)OC(C)(C)C)C(=O)O.C[C@H](NC(=O)OC(C)(C)C)C(=O)OCC1CCCCC1.OCC1CCCCC1. The molecule has 0 aliphatic heterocycles. The number of aliphatic hydroxyl groups excluding tert-OH is 1. The highest BCUT2D eigenvalue weighted by molar-refractivity contribution is 5.81. The maximum Gasteiger partial charge on any atom is 0.408 e. The molecule has 240 valence electrons. The standard InChI is InChI=1S/C15H27NO4.C8H15NO4.C7H14O/c1-11(16-14(18)20-15(2,3)4)13(17)19-10-12-8-6-5-7-9-12;1-5(6(10)11)9-7(12)13-8(2,3)4;8-6-7-4-2-1-3-5-7/h11-12H,5-10H2,1-4H3,(H,16,18);5H,1-4H3,(H,9,12)(H,10,11);7-8H,1-6H2/t11-;5-;/m00./s1.